The first-order valence-corrected chi connectivity index (χ1v) is 6.35. The number of benzene rings is 1. The average Bonchev–Trinajstić information content (AvgIpc) is 2.75. The lowest BCUT2D eigenvalue weighted by Gasteiger charge is -2.26. The largest absolute Gasteiger partial charge is 0.494 e. The molecule has 1 amide bonds. The summed E-state index contributed by atoms with van der Waals surface area (Å²) in [5.41, 5.74) is 0.475. The Hall–Kier alpha value is -2.11. The van der Waals surface area contributed by atoms with Crippen molar-refractivity contribution < 1.29 is 23.8 Å². The van der Waals surface area contributed by atoms with Crippen molar-refractivity contribution in [2.45, 2.75) is 19.4 Å². The number of rotatable bonds is 4. The standard InChI is InChI=1S/C14H16FNO4/c1-3-16-12(17)7-9(14(18)19)13(16)8-4-5-11(20-2)10(15)6-8/h4-6,9,13H,3,7H2,1-2H3,(H,18,19). The van der Waals surface area contributed by atoms with Crippen LogP contribution in [0.15, 0.2) is 18.2 Å². The SMILES string of the molecule is CCN1C(=O)CC(C(=O)O)C1c1ccc(OC)c(F)c1. The van der Waals surface area contributed by atoms with E-state index in [1.807, 2.05) is 0 Å². The van der Waals surface area contributed by atoms with Gasteiger partial charge in [0.2, 0.25) is 5.91 Å². The summed E-state index contributed by atoms with van der Waals surface area (Å²) >= 11 is 0. The van der Waals surface area contributed by atoms with Gasteiger partial charge < -0.3 is 14.7 Å². The van der Waals surface area contributed by atoms with Gasteiger partial charge in [0.05, 0.1) is 19.1 Å². The molecule has 6 heteroatoms. The molecule has 0 saturated carbocycles. The van der Waals surface area contributed by atoms with Crippen LogP contribution in [-0.2, 0) is 9.59 Å². The van der Waals surface area contributed by atoms with Crippen molar-refractivity contribution in [3.05, 3.63) is 29.6 Å². The highest BCUT2D eigenvalue weighted by molar-refractivity contribution is 5.87. The molecular weight excluding hydrogens is 265 g/mol. The van der Waals surface area contributed by atoms with Gasteiger partial charge in [0.25, 0.3) is 0 Å². The van der Waals surface area contributed by atoms with Crippen LogP contribution in [0.2, 0.25) is 0 Å². The lowest BCUT2D eigenvalue weighted by molar-refractivity contribution is -0.142. The summed E-state index contributed by atoms with van der Waals surface area (Å²) < 4.78 is 18.6. The van der Waals surface area contributed by atoms with E-state index in [4.69, 9.17) is 4.74 Å². The molecular formula is C14H16FNO4. The van der Waals surface area contributed by atoms with Gasteiger partial charge in [0.15, 0.2) is 11.6 Å². The van der Waals surface area contributed by atoms with Crippen molar-refractivity contribution in [1.29, 1.82) is 0 Å². The molecule has 1 fully saturated rings. The molecule has 0 bridgehead atoms. The van der Waals surface area contributed by atoms with E-state index in [-0.39, 0.29) is 18.1 Å². The summed E-state index contributed by atoms with van der Waals surface area (Å²) in [4.78, 5) is 24.6. The van der Waals surface area contributed by atoms with Crippen molar-refractivity contribution in [3.8, 4) is 5.75 Å². The van der Waals surface area contributed by atoms with E-state index < -0.39 is 23.7 Å². The number of aliphatic carboxylic acids is 1. The third-order valence-electron chi connectivity index (χ3n) is 3.61. The first-order chi connectivity index (χ1) is 9.49. The highest BCUT2D eigenvalue weighted by Crippen LogP contribution is 2.39. The fourth-order valence-corrected chi connectivity index (χ4v) is 2.66. The number of nitrogens with zero attached hydrogens (tertiary/aromatic N) is 1. The molecule has 0 aliphatic carbocycles. The van der Waals surface area contributed by atoms with Crippen LogP contribution in [0, 0.1) is 11.7 Å². The highest BCUT2D eigenvalue weighted by Gasteiger charge is 2.44. The first-order valence-electron chi connectivity index (χ1n) is 6.35. The summed E-state index contributed by atoms with van der Waals surface area (Å²) in [6.07, 6.45) is -0.0541. The van der Waals surface area contributed by atoms with Gasteiger partial charge in [-0.2, -0.15) is 0 Å². The Morgan fingerprint density at radius 3 is 2.75 bits per heavy atom. The number of methoxy groups -OCH3 is 1. The zero-order chi connectivity index (χ0) is 14.9. The van der Waals surface area contributed by atoms with Crippen LogP contribution in [0.25, 0.3) is 0 Å². The van der Waals surface area contributed by atoms with Gasteiger partial charge >= 0.3 is 5.97 Å². The van der Waals surface area contributed by atoms with Gasteiger partial charge in [-0.15, -0.1) is 0 Å². The molecule has 108 valence electrons. The monoisotopic (exact) mass is 281 g/mol. The van der Waals surface area contributed by atoms with Crippen LogP contribution in [0.1, 0.15) is 24.9 Å². The Morgan fingerprint density at radius 2 is 2.25 bits per heavy atom. The van der Waals surface area contributed by atoms with Crippen LogP contribution >= 0.6 is 0 Å². The van der Waals surface area contributed by atoms with Crippen molar-refractivity contribution in [2.24, 2.45) is 5.92 Å². The molecule has 2 atom stereocenters. The van der Waals surface area contributed by atoms with E-state index in [9.17, 15) is 19.1 Å². The third kappa shape index (κ3) is 2.33. The fourth-order valence-electron chi connectivity index (χ4n) is 2.66. The van der Waals surface area contributed by atoms with Gasteiger partial charge in [-0.05, 0) is 24.6 Å². The van der Waals surface area contributed by atoms with E-state index in [0.717, 1.165) is 0 Å². The van der Waals surface area contributed by atoms with Crippen LogP contribution in [0.3, 0.4) is 0 Å². The number of hydrogen-bond donors (Lipinski definition) is 1. The molecule has 2 unspecified atom stereocenters. The van der Waals surface area contributed by atoms with Crippen molar-refractivity contribution in [3.63, 3.8) is 0 Å². The molecule has 0 radical (unpaired) electrons. The second-order valence-electron chi connectivity index (χ2n) is 4.67. The maximum Gasteiger partial charge on any atom is 0.309 e. The lowest BCUT2D eigenvalue weighted by Crippen LogP contribution is -2.30. The topological polar surface area (TPSA) is 66.8 Å². The Kier molecular flexibility index (Phi) is 3.92. The average molecular weight is 281 g/mol. The molecule has 1 N–H and O–H groups in total. The number of likely N-dealkylation sites (tertiary alicyclic amines) is 1. The summed E-state index contributed by atoms with van der Waals surface area (Å²) in [6, 6.07) is 3.65. The molecule has 2 rings (SSSR count). The van der Waals surface area contributed by atoms with Crippen LogP contribution in [0.4, 0.5) is 4.39 Å². The summed E-state index contributed by atoms with van der Waals surface area (Å²) in [5.74, 6) is -2.59. The van der Waals surface area contributed by atoms with Crippen molar-refractivity contribution in [2.75, 3.05) is 13.7 Å². The van der Waals surface area contributed by atoms with Gasteiger partial charge in [0, 0.05) is 13.0 Å². The van der Waals surface area contributed by atoms with Crippen molar-refractivity contribution >= 4 is 11.9 Å². The Balaban J connectivity index is 2.43. The molecule has 1 saturated heterocycles. The highest BCUT2D eigenvalue weighted by atomic mass is 19.1. The number of carbonyl (C=O) groups is 2. The molecule has 5 nitrogen and oxygen atoms in total. The number of halogens is 1. The minimum absolute atomic E-state index is 0.0541. The molecule has 1 aromatic rings. The molecule has 0 aromatic heterocycles. The Morgan fingerprint density at radius 1 is 1.55 bits per heavy atom. The fraction of sp³-hybridized carbons (Fsp3) is 0.429. The van der Waals surface area contributed by atoms with Crippen LogP contribution in [-0.4, -0.2) is 35.5 Å². The smallest absolute Gasteiger partial charge is 0.309 e. The van der Waals surface area contributed by atoms with Gasteiger partial charge in [-0.25, -0.2) is 4.39 Å². The van der Waals surface area contributed by atoms with E-state index >= 15 is 0 Å². The van der Waals surface area contributed by atoms with E-state index in [2.05, 4.69) is 0 Å². The summed E-state index contributed by atoms with van der Waals surface area (Å²) in [7, 11) is 1.36. The molecule has 1 heterocycles. The number of hydrogen-bond acceptors (Lipinski definition) is 3. The van der Waals surface area contributed by atoms with Gasteiger partial charge in [-0.3, -0.25) is 9.59 Å². The minimum atomic E-state index is -1.05. The number of carbonyl (C=O) groups excluding carboxylic acids is 1. The molecule has 1 aliphatic rings. The third-order valence-corrected chi connectivity index (χ3v) is 3.61. The second-order valence-corrected chi connectivity index (χ2v) is 4.67. The van der Waals surface area contributed by atoms with Crippen LogP contribution in [0.5, 0.6) is 5.75 Å². The van der Waals surface area contributed by atoms with E-state index in [1.165, 1.54) is 24.1 Å². The first kappa shape index (κ1) is 14.3. The second kappa shape index (κ2) is 5.48. The number of carboxylic acid groups (broad SMARTS) is 1. The maximum atomic E-state index is 13.8. The number of carboxylic acids is 1. The number of ether oxygens (including phenoxy) is 1. The molecule has 1 aliphatic heterocycles. The minimum Gasteiger partial charge on any atom is -0.494 e. The molecule has 1 aromatic carbocycles. The van der Waals surface area contributed by atoms with E-state index in [0.29, 0.717) is 12.1 Å². The summed E-state index contributed by atoms with van der Waals surface area (Å²) in [6.45, 7) is 2.16. The van der Waals surface area contributed by atoms with E-state index in [1.54, 1.807) is 13.0 Å². The normalized spacial score (nSPS) is 22.1. The lowest BCUT2D eigenvalue weighted by atomic mass is 9.93. The van der Waals surface area contributed by atoms with Gasteiger partial charge in [-0.1, -0.05) is 6.07 Å². The predicted molar refractivity (Wildman–Crippen MR) is 68.8 cm³/mol. The number of amides is 1. The Labute approximate surface area is 116 Å². The zero-order valence-corrected chi connectivity index (χ0v) is 11.3. The summed E-state index contributed by atoms with van der Waals surface area (Å²) in [5, 5.41) is 9.25. The quantitative estimate of drug-likeness (QED) is 0.914. The molecule has 0 spiro atoms. The zero-order valence-electron chi connectivity index (χ0n) is 11.3. The van der Waals surface area contributed by atoms with Gasteiger partial charge in [0.1, 0.15) is 0 Å². The van der Waals surface area contributed by atoms with Crippen molar-refractivity contribution in [1.82, 2.24) is 4.90 Å². The maximum absolute atomic E-state index is 13.8. The predicted octanol–water partition coefficient (Wildman–Crippen LogP) is 1.83. The molecule has 20 heavy (non-hydrogen) atoms. The Bertz CT molecular complexity index is 546. The van der Waals surface area contributed by atoms with Crippen LogP contribution < -0.4 is 4.74 Å².